The van der Waals surface area contributed by atoms with Gasteiger partial charge in [0.05, 0.1) is 10.9 Å². The number of benzene rings is 2. The van der Waals surface area contributed by atoms with Crippen LogP contribution in [0.5, 0.6) is 0 Å². The molecule has 0 saturated carbocycles. The second-order valence-corrected chi connectivity index (χ2v) is 7.04. The topological polar surface area (TPSA) is 41.0 Å². The van der Waals surface area contributed by atoms with Crippen LogP contribution >= 0.6 is 0 Å². The molecule has 0 atom stereocenters. The van der Waals surface area contributed by atoms with Crippen LogP contribution in [0.2, 0.25) is 0 Å². The Labute approximate surface area is 153 Å². The SMILES string of the molecule is Cc1cccc(CN2CCC(Nc3ncnc4cccc(F)c34)CC2)c1. The summed E-state index contributed by atoms with van der Waals surface area (Å²) in [5, 5.41) is 3.92. The quantitative estimate of drug-likeness (QED) is 0.767. The summed E-state index contributed by atoms with van der Waals surface area (Å²) in [6.45, 7) is 5.17. The van der Waals surface area contributed by atoms with E-state index in [1.54, 1.807) is 6.07 Å². The predicted octanol–water partition coefficient (Wildman–Crippen LogP) is 4.15. The van der Waals surface area contributed by atoms with Crippen LogP contribution in [0.3, 0.4) is 0 Å². The summed E-state index contributed by atoms with van der Waals surface area (Å²) < 4.78 is 14.2. The van der Waals surface area contributed by atoms with Crippen molar-refractivity contribution in [1.29, 1.82) is 0 Å². The van der Waals surface area contributed by atoms with Crippen LogP contribution in [0.15, 0.2) is 48.8 Å². The number of nitrogens with zero attached hydrogens (tertiary/aromatic N) is 3. The molecule has 2 aromatic carbocycles. The highest BCUT2D eigenvalue weighted by Crippen LogP contribution is 2.25. The van der Waals surface area contributed by atoms with Crippen LogP contribution in [0.4, 0.5) is 10.2 Å². The summed E-state index contributed by atoms with van der Waals surface area (Å²) in [4.78, 5) is 10.9. The van der Waals surface area contributed by atoms with Crippen molar-refractivity contribution in [3.05, 3.63) is 65.7 Å². The first-order valence-electron chi connectivity index (χ1n) is 9.13. The standard InChI is InChI=1S/C21H23FN4/c1-15-4-2-5-16(12-15)13-26-10-8-17(9-11-26)25-21-20-18(22)6-3-7-19(20)23-14-24-21/h2-7,12,14,17H,8-11,13H2,1H3,(H,23,24,25). The molecule has 4 nitrogen and oxygen atoms in total. The van der Waals surface area contributed by atoms with Crippen LogP contribution < -0.4 is 5.32 Å². The molecular formula is C21H23FN4. The van der Waals surface area contributed by atoms with Crippen molar-refractivity contribution in [2.45, 2.75) is 32.4 Å². The Hall–Kier alpha value is -2.53. The third-order valence-corrected chi connectivity index (χ3v) is 5.03. The fraction of sp³-hybridized carbons (Fsp3) is 0.333. The van der Waals surface area contributed by atoms with Gasteiger partial charge in [-0.3, -0.25) is 4.90 Å². The molecule has 3 aromatic rings. The molecule has 0 aliphatic carbocycles. The van der Waals surface area contributed by atoms with Crippen molar-refractivity contribution in [2.75, 3.05) is 18.4 Å². The average molecular weight is 350 g/mol. The molecule has 26 heavy (non-hydrogen) atoms. The van der Waals surface area contributed by atoms with E-state index >= 15 is 0 Å². The summed E-state index contributed by atoms with van der Waals surface area (Å²) in [6.07, 6.45) is 3.54. The number of aromatic nitrogens is 2. The maximum Gasteiger partial charge on any atom is 0.140 e. The second-order valence-electron chi connectivity index (χ2n) is 7.04. The zero-order valence-electron chi connectivity index (χ0n) is 15.0. The number of nitrogens with one attached hydrogen (secondary N) is 1. The normalized spacial score (nSPS) is 16.1. The lowest BCUT2D eigenvalue weighted by Crippen LogP contribution is -2.38. The Morgan fingerprint density at radius 2 is 1.92 bits per heavy atom. The van der Waals surface area contributed by atoms with Gasteiger partial charge in [-0.1, -0.05) is 35.9 Å². The summed E-state index contributed by atoms with van der Waals surface area (Å²) in [5.74, 6) is 0.327. The largest absolute Gasteiger partial charge is 0.367 e. The van der Waals surface area contributed by atoms with Gasteiger partial charge in [-0.2, -0.15) is 0 Å². The van der Waals surface area contributed by atoms with E-state index in [0.717, 1.165) is 32.5 Å². The van der Waals surface area contributed by atoms with Crippen molar-refractivity contribution < 1.29 is 4.39 Å². The van der Waals surface area contributed by atoms with Crippen molar-refractivity contribution in [3.8, 4) is 0 Å². The molecule has 1 N–H and O–H groups in total. The van der Waals surface area contributed by atoms with Gasteiger partial charge in [0, 0.05) is 25.7 Å². The number of rotatable bonds is 4. The number of piperidine rings is 1. The average Bonchev–Trinajstić information content (AvgIpc) is 2.64. The van der Waals surface area contributed by atoms with Crippen LogP contribution in [0.1, 0.15) is 24.0 Å². The molecule has 134 valence electrons. The number of hydrogen-bond donors (Lipinski definition) is 1. The second kappa shape index (κ2) is 7.38. The van der Waals surface area contributed by atoms with Gasteiger partial charge in [0.25, 0.3) is 0 Å². The summed E-state index contributed by atoms with van der Waals surface area (Å²) >= 11 is 0. The first kappa shape index (κ1) is 16.9. The highest BCUT2D eigenvalue weighted by molar-refractivity contribution is 5.89. The monoisotopic (exact) mass is 350 g/mol. The molecule has 0 amide bonds. The Morgan fingerprint density at radius 3 is 2.73 bits per heavy atom. The summed E-state index contributed by atoms with van der Waals surface area (Å²) in [6, 6.07) is 13.9. The Bertz CT molecular complexity index is 898. The maximum absolute atomic E-state index is 14.2. The highest BCUT2D eigenvalue weighted by atomic mass is 19.1. The van der Waals surface area contributed by atoms with Crippen LogP contribution in [0, 0.1) is 12.7 Å². The molecule has 1 aliphatic rings. The first-order valence-corrected chi connectivity index (χ1v) is 9.13. The van der Waals surface area contributed by atoms with Gasteiger partial charge < -0.3 is 5.32 Å². The molecule has 0 radical (unpaired) electrons. The van der Waals surface area contributed by atoms with Gasteiger partial charge in [0.15, 0.2) is 0 Å². The minimum Gasteiger partial charge on any atom is -0.367 e. The third kappa shape index (κ3) is 3.68. The molecule has 1 saturated heterocycles. The van der Waals surface area contributed by atoms with Gasteiger partial charge >= 0.3 is 0 Å². The number of hydrogen-bond acceptors (Lipinski definition) is 4. The molecular weight excluding hydrogens is 327 g/mol. The smallest absolute Gasteiger partial charge is 0.140 e. The zero-order valence-corrected chi connectivity index (χ0v) is 15.0. The number of halogens is 1. The van der Waals surface area contributed by atoms with Crippen molar-refractivity contribution in [3.63, 3.8) is 0 Å². The molecule has 4 rings (SSSR count). The van der Waals surface area contributed by atoms with Gasteiger partial charge in [-0.15, -0.1) is 0 Å². The molecule has 1 aliphatic heterocycles. The Morgan fingerprint density at radius 1 is 1.12 bits per heavy atom. The zero-order chi connectivity index (χ0) is 17.9. The lowest BCUT2D eigenvalue weighted by atomic mass is 10.0. The van der Waals surface area contributed by atoms with Crippen LogP contribution in [0.25, 0.3) is 10.9 Å². The van der Waals surface area contributed by atoms with E-state index in [0.29, 0.717) is 22.8 Å². The van der Waals surface area contributed by atoms with E-state index in [9.17, 15) is 4.39 Å². The lowest BCUT2D eigenvalue weighted by Gasteiger charge is -2.32. The number of fused-ring (bicyclic) bond motifs is 1. The van der Waals surface area contributed by atoms with Crippen LogP contribution in [-0.4, -0.2) is 34.0 Å². The fourth-order valence-electron chi connectivity index (χ4n) is 3.68. The maximum atomic E-state index is 14.2. The van der Waals surface area contributed by atoms with E-state index in [1.807, 2.05) is 6.07 Å². The van der Waals surface area contributed by atoms with E-state index in [1.165, 1.54) is 23.5 Å². The van der Waals surface area contributed by atoms with Gasteiger partial charge in [0.2, 0.25) is 0 Å². The highest BCUT2D eigenvalue weighted by Gasteiger charge is 2.21. The fourth-order valence-corrected chi connectivity index (χ4v) is 3.68. The number of aryl methyl sites for hydroxylation is 1. The summed E-state index contributed by atoms with van der Waals surface area (Å²) in [7, 11) is 0. The summed E-state index contributed by atoms with van der Waals surface area (Å²) in [5.41, 5.74) is 3.30. The minimum atomic E-state index is -0.275. The molecule has 1 aromatic heterocycles. The van der Waals surface area contributed by atoms with E-state index < -0.39 is 0 Å². The molecule has 2 heterocycles. The lowest BCUT2D eigenvalue weighted by molar-refractivity contribution is 0.211. The van der Waals surface area contributed by atoms with Gasteiger partial charge in [0.1, 0.15) is 18.0 Å². The minimum absolute atomic E-state index is 0.275. The number of likely N-dealkylation sites (tertiary alicyclic amines) is 1. The van der Waals surface area contributed by atoms with Crippen LogP contribution in [-0.2, 0) is 6.54 Å². The number of anilines is 1. The molecule has 0 bridgehead atoms. The molecule has 5 heteroatoms. The van der Waals surface area contributed by atoms with Gasteiger partial charge in [-0.25, -0.2) is 14.4 Å². The Kier molecular flexibility index (Phi) is 4.80. The van der Waals surface area contributed by atoms with E-state index in [2.05, 4.69) is 51.4 Å². The molecule has 0 unspecified atom stereocenters. The van der Waals surface area contributed by atoms with Crippen molar-refractivity contribution >= 4 is 16.7 Å². The van der Waals surface area contributed by atoms with Crippen molar-refractivity contribution in [1.82, 2.24) is 14.9 Å². The van der Waals surface area contributed by atoms with Crippen molar-refractivity contribution in [2.24, 2.45) is 0 Å². The van der Waals surface area contributed by atoms with E-state index in [4.69, 9.17) is 0 Å². The Balaban J connectivity index is 1.40. The van der Waals surface area contributed by atoms with E-state index in [-0.39, 0.29) is 5.82 Å². The molecule has 0 spiro atoms. The third-order valence-electron chi connectivity index (χ3n) is 5.03. The molecule has 1 fully saturated rings. The first-order chi connectivity index (χ1) is 12.7. The predicted molar refractivity (Wildman–Crippen MR) is 103 cm³/mol. The van der Waals surface area contributed by atoms with Gasteiger partial charge in [-0.05, 0) is 37.5 Å².